The molecule has 0 aliphatic rings. The summed E-state index contributed by atoms with van der Waals surface area (Å²) in [6.45, 7) is 12.9. The van der Waals surface area contributed by atoms with Crippen molar-refractivity contribution in [2.75, 3.05) is 6.79 Å². The van der Waals surface area contributed by atoms with Gasteiger partial charge in [-0.2, -0.15) is 0 Å². The van der Waals surface area contributed by atoms with E-state index >= 15 is 0 Å². The predicted molar refractivity (Wildman–Crippen MR) is 129 cm³/mol. The van der Waals surface area contributed by atoms with Gasteiger partial charge >= 0.3 is 5.97 Å². The molecule has 0 amide bonds. The molecular weight excluding hydrogens is 420 g/mol. The number of carbonyl (C=O) groups excluding carboxylic acids is 2. The maximum atomic E-state index is 12.7. The van der Waals surface area contributed by atoms with Crippen LogP contribution in [-0.4, -0.2) is 30.8 Å². The highest BCUT2D eigenvalue weighted by Crippen LogP contribution is 2.31. The molecule has 0 aliphatic heterocycles. The first-order valence-corrected chi connectivity index (χ1v) is 11.1. The Kier molecular flexibility index (Phi) is 9.09. The van der Waals surface area contributed by atoms with Crippen LogP contribution < -0.4 is 14.2 Å². The number of ketones is 1. The Morgan fingerprint density at radius 3 is 1.91 bits per heavy atom. The van der Waals surface area contributed by atoms with Crippen molar-refractivity contribution in [3.63, 3.8) is 0 Å². The van der Waals surface area contributed by atoms with Gasteiger partial charge in [0.25, 0.3) is 0 Å². The smallest absolute Gasteiger partial charge is 0.314 e. The second kappa shape index (κ2) is 11.5. The molecular formula is C27H34O6. The number of ether oxygens (including phenoxy) is 4. The Labute approximate surface area is 196 Å². The first-order chi connectivity index (χ1) is 15.5. The minimum Gasteiger partial charge on any atom is -0.490 e. The quantitative estimate of drug-likeness (QED) is 0.187. The molecule has 0 radical (unpaired) electrons. The molecule has 0 heterocycles. The second-order valence-corrected chi connectivity index (χ2v) is 9.17. The standard InChI is InChI=1S/C27H34O6/c1-18(2)32-24-9-8-10-25(33-19(3)4)22(24)15-16-23(28)20-11-13-21(14-12-20)30-17-31-26(29)27(5,6)7/h8-16,18-19H,17H2,1-7H3/b16-15+. The summed E-state index contributed by atoms with van der Waals surface area (Å²) in [6.07, 6.45) is 3.18. The zero-order valence-corrected chi connectivity index (χ0v) is 20.5. The van der Waals surface area contributed by atoms with Crippen molar-refractivity contribution < 1.29 is 28.5 Å². The summed E-state index contributed by atoms with van der Waals surface area (Å²) >= 11 is 0. The Morgan fingerprint density at radius 1 is 0.879 bits per heavy atom. The molecule has 2 aromatic rings. The highest BCUT2D eigenvalue weighted by Gasteiger charge is 2.23. The minimum absolute atomic E-state index is 0.0163. The van der Waals surface area contributed by atoms with Crippen LogP contribution in [0.25, 0.3) is 6.08 Å². The van der Waals surface area contributed by atoms with Crippen molar-refractivity contribution in [2.45, 2.75) is 60.7 Å². The van der Waals surface area contributed by atoms with Crippen LogP contribution in [0.4, 0.5) is 0 Å². The van der Waals surface area contributed by atoms with Crippen molar-refractivity contribution >= 4 is 17.8 Å². The monoisotopic (exact) mass is 454 g/mol. The predicted octanol–water partition coefficient (Wildman–Crippen LogP) is 6.08. The van der Waals surface area contributed by atoms with E-state index < -0.39 is 5.41 Å². The van der Waals surface area contributed by atoms with E-state index in [0.717, 1.165) is 0 Å². The van der Waals surface area contributed by atoms with Gasteiger partial charge in [0.15, 0.2) is 5.78 Å². The van der Waals surface area contributed by atoms with Gasteiger partial charge < -0.3 is 18.9 Å². The molecule has 6 heteroatoms. The maximum absolute atomic E-state index is 12.7. The number of carbonyl (C=O) groups is 2. The van der Waals surface area contributed by atoms with E-state index in [-0.39, 0.29) is 30.8 Å². The zero-order valence-electron chi connectivity index (χ0n) is 20.5. The topological polar surface area (TPSA) is 71.1 Å². The van der Waals surface area contributed by atoms with Gasteiger partial charge in [-0.1, -0.05) is 6.07 Å². The Morgan fingerprint density at radius 2 is 1.42 bits per heavy atom. The Balaban J connectivity index is 2.10. The van der Waals surface area contributed by atoms with Gasteiger partial charge in [0.05, 0.1) is 23.2 Å². The van der Waals surface area contributed by atoms with Crippen LogP contribution in [-0.2, 0) is 9.53 Å². The van der Waals surface area contributed by atoms with Crippen LogP contribution in [0, 0.1) is 5.41 Å². The maximum Gasteiger partial charge on any atom is 0.314 e. The highest BCUT2D eigenvalue weighted by atomic mass is 16.7. The van der Waals surface area contributed by atoms with E-state index in [1.165, 1.54) is 6.08 Å². The van der Waals surface area contributed by atoms with Crippen molar-refractivity contribution in [1.29, 1.82) is 0 Å². The molecule has 33 heavy (non-hydrogen) atoms. The minimum atomic E-state index is -0.592. The molecule has 0 aliphatic carbocycles. The number of hydrogen-bond donors (Lipinski definition) is 0. The molecule has 0 atom stereocenters. The van der Waals surface area contributed by atoms with Crippen LogP contribution in [0.1, 0.15) is 64.4 Å². The van der Waals surface area contributed by atoms with Crippen LogP contribution in [0.3, 0.4) is 0 Å². The molecule has 0 saturated carbocycles. The molecule has 178 valence electrons. The molecule has 0 fully saturated rings. The van der Waals surface area contributed by atoms with E-state index in [9.17, 15) is 9.59 Å². The summed E-state index contributed by atoms with van der Waals surface area (Å²) < 4.78 is 22.3. The van der Waals surface area contributed by atoms with E-state index in [4.69, 9.17) is 18.9 Å². The molecule has 0 unspecified atom stereocenters. The van der Waals surface area contributed by atoms with Crippen molar-refractivity contribution in [3.05, 3.63) is 59.7 Å². The van der Waals surface area contributed by atoms with E-state index in [1.807, 2.05) is 45.9 Å². The summed E-state index contributed by atoms with van der Waals surface area (Å²) in [6, 6.07) is 12.2. The number of hydrogen-bond acceptors (Lipinski definition) is 6. The number of benzene rings is 2. The van der Waals surface area contributed by atoms with E-state index in [1.54, 1.807) is 51.1 Å². The lowest BCUT2D eigenvalue weighted by Crippen LogP contribution is -2.24. The zero-order chi connectivity index (χ0) is 24.6. The lowest BCUT2D eigenvalue weighted by atomic mass is 9.98. The third-order valence-electron chi connectivity index (χ3n) is 4.32. The first kappa shape index (κ1) is 26.0. The molecule has 2 aromatic carbocycles. The molecule has 0 spiro atoms. The average Bonchev–Trinajstić information content (AvgIpc) is 2.72. The summed E-state index contributed by atoms with van der Waals surface area (Å²) in [5, 5.41) is 0. The Bertz CT molecular complexity index is 937. The van der Waals surface area contributed by atoms with Gasteiger partial charge in [-0.3, -0.25) is 9.59 Å². The van der Waals surface area contributed by atoms with Gasteiger partial charge in [0.2, 0.25) is 6.79 Å². The third kappa shape index (κ3) is 8.29. The number of esters is 1. The molecule has 0 aromatic heterocycles. The van der Waals surface area contributed by atoms with Gasteiger partial charge in [-0.15, -0.1) is 0 Å². The fourth-order valence-corrected chi connectivity index (χ4v) is 2.74. The van der Waals surface area contributed by atoms with Gasteiger partial charge in [-0.25, -0.2) is 0 Å². The van der Waals surface area contributed by atoms with Crippen molar-refractivity contribution in [3.8, 4) is 17.2 Å². The van der Waals surface area contributed by atoms with Crippen molar-refractivity contribution in [1.82, 2.24) is 0 Å². The normalized spacial score (nSPS) is 11.7. The van der Waals surface area contributed by atoms with Crippen LogP contribution in [0.2, 0.25) is 0 Å². The first-order valence-electron chi connectivity index (χ1n) is 11.1. The van der Waals surface area contributed by atoms with Crippen LogP contribution >= 0.6 is 0 Å². The second-order valence-electron chi connectivity index (χ2n) is 9.17. The molecule has 0 saturated heterocycles. The summed E-state index contributed by atoms with van der Waals surface area (Å²) in [5.74, 6) is 1.29. The molecule has 0 N–H and O–H groups in total. The Hall–Kier alpha value is -3.28. The summed E-state index contributed by atoms with van der Waals surface area (Å²) in [7, 11) is 0. The molecule has 0 bridgehead atoms. The van der Waals surface area contributed by atoms with E-state index in [0.29, 0.717) is 28.4 Å². The summed E-state index contributed by atoms with van der Waals surface area (Å²) in [4.78, 5) is 24.5. The van der Waals surface area contributed by atoms with Gasteiger partial charge in [0.1, 0.15) is 17.2 Å². The van der Waals surface area contributed by atoms with Crippen LogP contribution in [0.15, 0.2) is 48.5 Å². The highest BCUT2D eigenvalue weighted by molar-refractivity contribution is 6.07. The van der Waals surface area contributed by atoms with Crippen molar-refractivity contribution in [2.24, 2.45) is 5.41 Å². The number of allylic oxidation sites excluding steroid dienone is 1. The third-order valence-corrected chi connectivity index (χ3v) is 4.32. The van der Waals surface area contributed by atoms with E-state index in [2.05, 4.69) is 0 Å². The largest absolute Gasteiger partial charge is 0.490 e. The molecule has 6 nitrogen and oxygen atoms in total. The lowest BCUT2D eigenvalue weighted by Gasteiger charge is -2.17. The van der Waals surface area contributed by atoms with Gasteiger partial charge in [0, 0.05) is 5.56 Å². The molecule has 2 rings (SSSR count). The van der Waals surface area contributed by atoms with Gasteiger partial charge in [-0.05, 0) is 97.0 Å². The summed E-state index contributed by atoms with van der Waals surface area (Å²) in [5.41, 5.74) is 0.623. The fraction of sp³-hybridized carbons (Fsp3) is 0.407. The van der Waals surface area contributed by atoms with Crippen LogP contribution in [0.5, 0.6) is 17.2 Å². The lowest BCUT2D eigenvalue weighted by molar-refractivity contribution is -0.159. The average molecular weight is 455 g/mol. The SMILES string of the molecule is CC(C)Oc1cccc(OC(C)C)c1/C=C/C(=O)c1ccc(OCOC(=O)C(C)(C)C)cc1. The fourth-order valence-electron chi connectivity index (χ4n) is 2.74. The number of rotatable bonds is 10.